The molecule has 0 spiro atoms. The number of hydrogen-bond donors (Lipinski definition) is 1. The van der Waals surface area contributed by atoms with Gasteiger partial charge < -0.3 is 10.1 Å². The van der Waals surface area contributed by atoms with E-state index in [-0.39, 0.29) is 0 Å². The molecule has 4 saturated carbocycles. The highest BCUT2D eigenvalue weighted by Crippen LogP contribution is 2.56. The second kappa shape index (κ2) is 5.81. The van der Waals surface area contributed by atoms with Crippen LogP contribution in [0.3, 0.4) is 0 Å². The molecular weight excluding hydrogens is 246 g/mol. The molecule has 0 amide bonds. The summed E-state index contributed by atoms with van der Waals surface area (Å²) in [5.41, 5.74) is 0. The molecule has 4 aliphatic carbocycles. The Morgan fingerprint density at radius 1 is 0.900 bits per heavy atom. The highest BCUT2D eigenvalue weighted by molar-refractivity contribution is 5.05. The van der Waals surface area contributed by atoms with Gasteiger partial charge in [-0.2, -0.15) is 0 Å². The quantitative estimate of drug-likeness (QED) is 0.794. The summed E-state index contributed by atoms with van der Waals surface area (Å²) in [6.07, 6.45) is 15.1. The van der Waals surface area contributed by atoms with Crippen molar-refractivity contribution < 1.29 is 4.74 Å². The monoisotopic (exact) mass is 275 g/mol. The smallest absolute Gasteiger partial charge is 0.0480 e. The van der Waals surface area contributed by atoms with Gasteiger partial charge in [-0.3, -0.25) is 0 Å². The van der Waals surface area contributed by atoms with Crippen LogP contribution >= 0.6 is 0 Å². The van der Waals surface area contributed by atoms with Crippen molar-refractivity contribution in [3.8, 4) is 0 Å². The number of allylic oxidation sites excluding steroid dienone is 1. The first-order chi connectivity index (χ1) is 9.88. The van der Waals surface area contributed by atoms with E-state index < -0.39 is 0 Å². The molecule has 0 radical (unpaired) electrons. The maximum Gasteiger partial charge on any atom is 0.0480 e. The van der Waals surface area contributed by atoms with E-state index in [1.165, 1.54) is 38.5 Å². The molecule has 0 atom stereocenters. The molecule has 4 bridgehead atoms. The lowest BCUT2D eigenvalue weighted by Gasteiger charge is -2.53. The molecule has 0 aromatic heterocycles. The zero-order valence-electron chi connectivity index (χ0n) is 12.6. The summed E-state index contributed by atoms with van der Waals surface area (Å²) < 4.78 is 5.41. The van der Waals surface area contributed by atoms with E-state index in [0.717, 1.165) is 49.3 Å². The Kier molecular flexibility index (Phi) is 3.87. The Balaban J connectivity index is 1.27. The molecule has 5 aliphatic rings. The molecule has 5 fully saturated rings. The van der Waals surface area contributed by atoms with Crippen molar-refractivity contribution >= 4 is 0 Å². The van der Waals surface area contributed by atoms with Crippen LogP contribution in [0.15, 0.2) is 12.2 Å². The average Bonchev–Trinajstić information content (AvgIpc) is 2.46. The van der Waals surface area contributed by atoms with Gasteiger partial charge in [-0.1, -0.05) is 12.2 Å². The summed E-state index contributed by atoms with van der Waals surface area (Å²) in [6, 6.07) is 0.687. The van der Waals surface area contributed by atoms with Gasteiger partial charge in [-0.15, -0.1) is 0 Å². The summed E-state index contributed by atoms with van der Waals surface area (Å²) in [5.74, 6) is 5.18. The predicted molar refractivity (Wildman–Crippen MR) is 81.5 cm³/mol. The van der Waals surface area contributed by atoms with E-state index in [9.17, 15) is 0 Å². The minimum Gasteiger partial charge on any atom is -0.381 e. The lowest BCUT2D eigenvalue weighted by Crippen LogP contribution is -2.44. The van der Waals surface area contributed by atoms with Crippen molar-refractivity contribution in [2.24, 2.45) is 29.6 Å². The summed E-state index contributed by atoms with van der Waals surface area (Å²) in [6.45, 7) is 2.95. The Labute approximate surface area is 123 Å². The molecule has 5 rings (SSSR count). The SMILES string of the molecule is C(=C\C1C2CC3CC(C2)CC1C3)/CNC1CCOCC1. The molecule has 0 aromatic rings. The number of ether oxygens (including phenoxy) is 1. The van der Waals surface area contributed by atoms with E-state index in [1.807, 2.05) is 0 Å². The first kappa shape index (κ1) is 13.3. The van der Waals surface area contributed by atoms with E-state index >= 15 is 0 Å². The van der Waals surface area contributed by atoms with Crippen molar-refractivity contribution in [1.29, 1.82) is 0 Å². The van der Waals surface area contributed by atoms with Crippen LogP contribution in [0.4, 0.5) is 0 Å². The fraction of sp³-hybridized carbons (Fsp3) is 0.889. The third kappa shape index (κ3) is 2.69. The van der Waals surface area contributed by atoms with Crippen LogP contribution in [0.5, 0.6) is 0 Å². The highest BCUT2D eigenvalue weighted by atomic mass is 16.5. The maximum absolute atomic E-state index is 5.41. The van der Waals surface area contributed by atoms with E-state index in [1.54, 1.807) is 6.42 Å². The Hall–Kier alpha value is -0.340. The van der Waals surface area contributed by atoms with Crippen LogP contribution in [-0.4, -0.2) is 25.8 Å². The lowest BCUT2D eigenvalue weighted by molar-refractivity contribution is -0.0162. The van der Waals surface area contributed by atoms with E-state index in [0.29, 0.717) is 6.04 Å². The minimum atomic E-state index is 0.687. The molecular formula is C18H29NO. The van der Waals surface area contributed by atoms with Crippen molar-refractivity contribution in [2.75, 3.05) is 19.8 Å². The fourth-order valence-corrected chi connectivity index (χ4v) is 5.64. The first-order valence-corrected chi connectivity index (χ1v) is 8.86. The van der Waals surface area contributed by atoms with Gasteiger partial charge in [0.15, 0.2) is 0 Å². The summed E-state index contributed by atoms with van der Waals surface area (Å²) in [7, 11) is 0. The molecule has 2 nitrogen and oxygen atoms in total. The third-order valence-corrected chi connectivity index (χ3v) is 6.40. The summed E-state index contributed by atoms with van der Waals surface area (Å²) in [5, 5.41) is 3.68. The molecule has 1 saturated heterocycles. The van der Waals surface area contributed by atoms with Gasteiger partial charge in [0.25, 0.3) is 0 Å². The standard InChI is InChI=1S/C18H29NO/c1(5-19-17-3-6-20-7-4-17)2-18-15-9-13-8-14(11-15)12-16(18)10-13/h1-2,13-19H,3-12H2/b2-1+. The normalized spacial score (nSPS) is 44.5. The van der Waals surface area contributed by atoms with Gasteiger partial charge in [-0.05, 0) is 74.5 Å². The van der Waals surface area contributed by atoms with Crippen LogP contribution < -0.4 is 5.32 Å². The predicted octanol–water partition coefficient (Wildman–Crippen LogP) is 3.38. The van der Waals surface area contributed by atoms with Gasteiger partial charge in [0.05, 0.1) is 0 Å². The zero-order chi connectivity index (χ0) is 13.4. The fourth-order valence-electron chi connectivity index (χ4n) is 5.64. The topological polar surface area (TPSA) is 21.3 Å². The minimum absolute atomic E-state index is 0.687. The van der Waals surface area contributed by atoms with E-state index in [4.69, 9.17) is 4.74 Å². The van der Waals surface area contributed by atoms with Gasteiger partial charge >= 0.3 is 0 Å². The third-order valence-electron chi connectivity index (χ3n) is 6.40. The Morgan fingerprint density at radius 3 is 2.20 bits per heavy atom. The van der Waals surface area contributed by atoms with Crippen LogP contribution in [0.25, 0.3) is 0 Å². The molecule has 20 heavy (non-hydrogen) atoms. The number of rotatable bonds is 4. The second-order valence-electron chi connectivity index (χ2n) is 7.73. The van der Waals surface area contributed by atoms with Gasteiger partial charge in [0, 0.05) is 25.8 Å². The summed E-state index contributed by atoms with van der Waals surface area (Å²) in [4.78, 5) is 0. The van der Waals surface area contributed by atoms with Crippen molar-refractivity contribution in [3.63, 3.8) is 0 Å². The molecule has 112 valence electrons. The maximum atomic E-state index is 5.41. The van der Waals surface area contributed by atoms with Crippen LogP contribution in [0.2, 0.25) is 0 Å². The van der Waals surface area contributed by atoms with Crippen molar-refractivity contribution in [2.45, 2.75) is 51.0 Å². The van der Waals surface area contributed by atoms with Crippen molar-refractivity contribution in [3.05, 3.63) is 12.2 Å². The largest absolute Gasteiger partial charge is 0.381 e. The Morgan fingerprint density at radius 2 is 1.55 bits per heavy atom. The van der Waals surface area contributed by atoms with Gasteiger partial charge in [0.1, 0.15) is 0 Å². The molecule has 1 aliphatic heterocycles. The molecule has 2 heteroatoms. The highest BCUT2D eigenvalue weighted by Gasteiger charge is 2.46. The molecule has 0 aromatic carbocycles. The average molecular weight is 275 g/mol. The lowest BCUT2D eigenvalue weighted by atomic mass is 9.52. The van der Waals surface area contributed by atoms with Crippen LogP contribution in [-0.2, 0) is 4.74 Å². The molecule has 0 unspecified atom stereocenters. The van der Waals surface area contributed by atoms with Crippen LogP contribution in [0, 0.1) is 29.6 Å². The first-order valence-electron chi connectivity index (χ1n) is 8.86. The second-order valence-corrected chi connectivity index (χ2v) is 7.73. The molecule has 1 N–H and O–H groups in total. The number of nitrogens with one attached hydrogen (secondary N) is 1. The van der Waals surface area contributed by atoms with Crippen molar-refractivity contribution in [1.82, 2.24) is 5.32 Å². The van der Waals surface area contributed by atoms with Gasteiger partial charge in [0.2, 0.25) is 0 Å². The summed E-state index contributed by atoms with van der Waals surface area (Å²) >= 11 is 0. The zero-order valence-corrected chi connectivity index (χ0v) is 12.6. The van der Waals surface area contributed by atoms with Crippen LogP contribution in [0.1, 0.15) is 44.9 Å². The number of hydrogen-bond acceptors (Lipinski definition) is 2. The Bertz CT molecular complexity index is 330. The van der Waals surface area contributed by atoms with E-state index in [2.05, 4.69) is 17.5 Å². The molecule has 1 heterocycles. The van der Waals surface area contributed by atoms with Gasteiger partial charge in [-0.25, -0.2) is 0 Å².